The molecule has 0 radical (unpaired) electrons. The van der Waals surface area contributed by atoms with Crippen LogP contribution in [0.25, 0.3) is 0 Å². The second kappa shape index (κ2) is 7.22. The van der Waals surface area contributed by atoms with E-state index in [-0.39, 0.29) is 11.8 Å². The fraction of sp³-hybridized carbons (Fsp3) is 0.500. The topological polar surface area (TPSA) is 78.4 Å². The van der Waals surface area contributed by atoms with Crippen LogP contribution in [-0.4, -0.2) is 35.6 Å². The third kappa shape index (κ3) is 4.56. The molecule has 1 aromatic carbocycles. The molecule has 1 saturated heterocycles. The van der Waals surface area contributed by atoms with Gasteiger partial charge in [-0.25, -0.2) is 4.79 Å². The molecule has 1 aliphatic rings. The number of hydrogen-bond donors (Lipinski definition) is 3. The summed E-state index contributed by atoms with van der Waals surface area (Å²) in [6.45, 7) is 2.84. The molecular formula is C16H22N2O3. The second-order valence-electron chi connectivity index (χ2n) is 5.67. The number of carbonyl (C=O) groups excluding carboxylic acids is 1. The van der Waals surface area contributed by atoms with Crippen LogP contribution in [0, 0.1) is 5.92 Å². The molecule has 1 aliphatic heterocycles. The number of carboxylic acid groups (broad SMARTS) is 1. The van der Waals surface area contributed by atoms with Crippen molar-refractivity contribution in [1.29, 1.82) is 0 Å². The summed E-state index contributed by atoms with van der Waals surface area (Å²) in [6.07, 6.45) is 1.82. The van der Waals surface area contributed by atoms with Crippen molar-refractivity contribution in [3.05, 3.63) is 35.9 Å². The third-order valence-corrected chi connectivity index (χ3v) is 3.89. The standard InChI is InChI=1S/C16H22N2O3/c1-11-9-13(7-8-17-11)15(19)18-14(16(20)21)10-12-5-3-2-4-6-12/h2-6,11,13-14,17H,7-10H2,1H3,(H,18,19)(H,20,21)/t11?,13?,14-/m0/s1. The minimum atomic E-state index is -0.991. The zero-order chi connectivity index (χ0) is 15.2. The lowest BCUT2D eigenvalue weighted by molar-refractivity contribution is -0.142. The van der Waals surface area contributed by atoms with Gasteiger partial charge in [-0.05, 0) is 31.9 Å². The third-order valence-electron chi connectivity index (χ3n) is 3.89. The van der Waals surface area contributed by atoms with Gasteiger partial charge in [0, 0.05) is 18.4 Å². The van der Waals surface area contributed by atoms with Crippen molar-refractivity contribution < 1.29 is 14.7 Å². The van der Waals surface area contributed by atoms with Gasteiger partial charge < -0.3 is 15.7 Å². The molecule has 0 bridgehead atoms. The highest BCUT2D eigenvalue weighted by atomic mass is 16.4. The minimum absolute atomic E-state index is 0.0983. The summed E-state index contributed by atoms with van der Waals surface area (Å²) in [5, 5.41) is 15.3. The Morgan fingerprint density at radius 2 is 2.10 bits per heavy atom. The van der Waals surface area contributed by atoms with Crippen molar-refractivity contribution in [3.63, 3.8) is 0 Å². The maximum absolute atomic E-state index is 12.2. The molecule has 0 saturated carbocycles. The molecular weight excluding hydrogens is 268 g/mol. The number of carboxylic acids is 1. The second-order valence-corrected chi connectivity index (χ2v) is 5.67. The van der Waals surface area contributed by atoms with E-state index in [2.05, 4.69) is 10.6 Å². The predicted molar refractivity (Wildman–Crippen MR) is 79.9 cm³/mol. The van der Waals surface area contributed by atoms with E-state index in [1.807, 2.05) is 37.3 Å². The van der Waals surface area contributed by atoms with Gasteiger partial charge in [0.05, 0.1) is 0 Å². The van der Waals surface area contributed by atoms with Gasteiger partial charge in [-0.1, -0.05) is 30.3 Å². The smallest absolute Gasteiger partial charge is 0.326 e. The Morgan fingerprint density at radius 1 is 1.38 bits per heavy atom. The lowest BCUT2D eigenvalue weighted by Gasteiger charge is -2.28. The number of carbonyl (C=O) groups is 2. The Balaban J connectivity index is 1.96. The van der Waals surface area contributed by atoms with Crippen LogP contribution >= 0.6 is 0 Å². The van der Waals surface area contributed by atoms with E-state index in [9.17, 15) is 14.7 Å². The molecule has 2 rings (SSSR count). The van der Waals surface area contributed by atoms with E-state index in [0.29, 0.717) is 12.5 Å². The summed E-state index contributed by atoms with van der Waals surface area (Å²) in [7, 11) is 0. The van der Waals surface area contributed by atoms with Gasteiger partial charge >= 0.3 is 5.97 Å². The van der Waals surface area contributed by atoms with E-state index in [1.54, 1.807) is 0 Å². The Bertz CT molecular complexity index is 490. The van der Waals surface area contributed by atoms with Crippen LogP contribution in [0.3, 0.4) is 0 Å². The average Bonchev–Trinajstić information content (AvgIpc) is 2.47. The zero-order valence-electron chi connectivity index (χ0n) is 12.2. The average molecular weight is 290 g/mol. The van der Waals surface area contributed by atoms with Gasteiger partial charge in [0.1, 0.15) is 6.04 Å². The molecule has 0 aliphatic carbocycles. The quantitative estimate of drug-likeness (QED) is 0.761. The van der Waals surface area contributed by atoms with Gasteiger partial charge in [0.25, 0.3) is 0 Å². The molecule has 0 aromatic heterocycles. The van der Waals surface area contributed by atoms with Crippen LogP contribution < -0.4 is 10.6 Å². The van der Waals surface area contributed by atoms with Crippen LogP contribution in [0.15, 0.2) is 30.3 Å². The Kier molecular flexibility index (Phi) is 5.33. The molecule has 21 heavy (non-hydrogen) atoms. The Labute approximate surface area is 124 Å². The van der Waals surface area contributed by atoms with Crippen LogP contribution in [0.2, 0.25) is 0 Å². The monoisotopic (exact) mass is 290 g/mol. The van der Waals surface area contributed by atoms with Crippen molar-refractivity contribution in [2.75, 3.05) is 6.54 Å². The molecule has 5 nitrogen and oxygen atoms in total. The molecule has 114 valence electrons. The number of amides is 1. The number of benzene rings is 1. The molecule has 1 fully saturated rings. The molecule has 5 heteroatoms. The highest BCUT2D eigenvalue weighted by molar-refractivity contribution is 5.85. The molecule has 0 spiro atoms. The molecule has 1 aromatic rings. The molecule has 3 atom stereocenters. The first kappa shape index (κ1) is 15.5. The van der Waals surface area contributed by atoms with Crippen molar-refractivity contribution in [2.24, 2.45) is 5.92 Å². The number of nitrogens with one attached hydrogen (secondary N) is 2. The van der Waals surface area contributed by atoms with Gasteiger partial charge in [-0.2, -0.15) is 0 Å². The predicted octanol–water partition coefficient (Wildman–Crippen LogP) is 1.19. The van der Waals surface area contributed by atoms with E-state index in [4.69, 9.17) is 0 Å². The largest absolute Gasteiger partial charge is 0.480 e. The van der Waals surface area contributed by atoms with Crippen molar-refractivity contribution >= 4 is 11.9 Å². The fourth-order valence-corrected chi connectivity index (χ4v) is 2.71. The molecule has 1 heterocycles. The lowest BCUT2D eigenvalue weighted by Crippen LogP contribution is -2.48. The van der Waals surface area contributed by atoms with Crippen molar-refractivity contribution in [3.8, 4) is 0 Å². The highest BCUT2D eigenvalue weighted by Gasteiger charge is 2.28. The van der Waals surface area contributed by atoms with E-state index in [1.165, 1.54) is 0 Å². The summed E-state index contributed by atoms with van der Waals surface area (Å²) in [4.78, 5) is 23.6. The minimum Gasteiger partial charge on any atom is -0.480 e. The summed E-state index contributed by atoms with van der Waals surface area (Å²) >= 11 is 0. The first-order valence-electron chi connectivity index (χ1n) is 7.36. The maximum atomic E-state index is 12.2. The van der Waals surface area contributed by atoms with Crippen LogP contribution in [0.5, 0.6) is 0 Å². The van der Waals surface area contributed by atoms with Crippen molar-refractivity contribution in [2.45, 2.75) is 38.3 Å². The SMILES string of the molecule is CC1CC(C(=O)N[C@@H](Cc2ccccc2)C(=O)O)CCN1. The number of aliphatic carboxylic acids is 1. The van der Waals surface area contributed by atoms with Crippen LogP contribution in [-0.2, 0) is 16.0 Å². The number of piperidine rings is 1. The fourth-order valence-electron chi connectivity index (χ4n) is 2.71. The van der Waals surface area contributed by atoms with Crippen molar-refractivity contribution in [1.82, 2.24) is 10.6 Å². The maximum Gasteiger partial charge on any atom is 0.326 e. The number of rotatable bonds is 5. The summed E-state index contributed by atoms with van der Waals surface area (Å²) in [5.74, 6) is -1.24. The summed E-state index contributed by atoms with van der Waals surface area (Å²) < 4.78 is 0. The molecule has 3 N–H and O–H groups in total. The molecule has 2 unspecified atom stereocenters. The van der Waals surface area contributed by atoms with Gasteiger partial charge in [-0.15, -0.1) is 0 Å². The van der Waals surface area contributed by atoms with E-state index in [0.717, 1.165) is 24.9 Å². The number of hydrogen-bond acceptors (Lipinski definition) is 3. The van der Waals surface area contributed by atoms with Gasteiger partial charge in [0.2, 0.25) is 5.91 Å². The first-order chi connectivity index (χ1) is 10.1. The van der Waals surface area contributed by atoms with Gasteiger partial charge in [-0.3, -0.25) is 4.79 Å². The Morgan fingerprint density at radius 3 is 2.71 bits per heavy atom. The molecule has 1 amide bonds. The summed E-state index contributed by atoms with van der Waals surface area (Å²) in [6, 6.07) is 8.78. The lowest BCUT2D eigenvalue weighted by atomic mass is 9.92. The normalized spacial score (nSPS) is 23.3. The van der Waals surface area contributed by atoms with E-state index < -0.39 is 12.0 Å². The highest BCUT2D eigenvalue weighted by Crippen LogP contribution is 2.16. The van der Waals surface area contributed by atoms with Gasteiger partial charge in [0.15, 0.2) is 0 Å². The summed E-state index contributed by atoms with van der Waals surface area (Å²) in [5.41, 5.74) is 0.906. The Hall–Kier alpha value is -1.88. The van der Waals surface area contributed by atoms with E-state index >= 15 is 0 Å². The zero-order valence-corrected chi connectivity index (χ0v) is 12.2. The van der Waals surface area contributed by atoms with Crippen LogP contribution in [0.1, 0.15) is 25.3 Å². The first-order valence-corrected chi connectivity index (χ1v) is 7.36. The van der Waals surface area contributed by atoms with Crippen LogP contribution in [0.4, 0.5) is 0 Å².